The molecule has 0 spiro atoms. The fourth-order valence-electron chi connectivity index (χ4n) is 2.15. The van der Waals surface area contributed by atoms with Gasteiger partial charge in [0.1, 0.15) is 0 Å². The largest absolute Gasteiger partial charge is 0.341 e. The first-order chi connectivity index (χ1) is 8.15. The van der Waals surface area contributed by atoms with Gasteiger partial charge in [-0.05, 0) is 47.0 Å². The van der Waals surface area contributed by atoms with E-state index in [1.54, 1.807) is 0 Å². The number of rotatable bonds is 2. The summed E-state index contributed by atoms with van der Waals surface area (Å²) in [6.45, 7) is 9.34. The molecule has 0 atom stereocenters. The van der Waals surface area contributed by atoms with Crippen LogP contribution in [0.3, 0.4) is 0 Å². The van der Waals surface area contributed by atoms with E-state index < -0.39 is 0 Å². The van der Waals surface area contributed by atoms with Crippen molar-refractivity contribution in [3.8, 4) is 0 Å². The van der Waals surface area contributed by atoms with E-state index >= 15 is 0 Å². The van der Waals surface area contributed by atoms with Gasteiger partial charge in [-0.25, -0.2) is 0 Å². The number of nitrogens with zero attached hydrogens (tertiary/aromatic N) is 1. The van der Waals surface area contributed by atoms with Crippen molar-refractivity contribution < 1.29 is 0 Å². The lowest BCUT2D eigenvalue weighted by atomic mass is 10.0. The minimum absolute atomic E-state index is 0.920. The summed E-state index contributed by atoms with van der Waals surface area (Å²) < 4.78 is 1.07. The highest BCUT2D eigenvalue weighted by atomic mass is 79.9. The van der Waals surface area contributed by atoms with Gasteiger partial charge in [0.25, 0.3) is 0 Å². The maximum absolute atomic E-state index is 4.13. The summed E-state index contributed by atoms with van der Waals surface area (Å²) in [4.78, 5) is 2.24. The molecule has 1 aromatic rings. The van der Waals surface area contributed by atoms with Gasteiger partial charge in [0.2, 0.25) is 0 Å². The van der Waals surface area contributed by atoms with E-state index in [-0.39, 0.29) is 0 Å². The van der Waals surface area contributed by atoms with Crippen LogP contribution in [0.15, 0.2) is 58.7 Å². The molecule has 0 aromatic heterocycles. The van der Waals surface area contributed by atoms with Crippen molar-refractivity contribution in [1.29, 1.82) is 0 Å². The highest BCUT2D eigenvalue weighted by molar-refractivity contribution is 9.12. The highest BCUT2D eigenvalue weighted by Gasteiger charge is 2.21. The van der Waals surface area contributed by atoms with Crippen molar-refractivity contribution in [1.82, 2.24) is 4.90 Å². The van der Waals surface area contributed by atoms with E-state index in [0.717, 1.165) is 16.7 Å². The molecular formula is C15H16BrN. The van der Waals surface area contributed by atoms with Gasteiger partial charge in [-0.1, -0.05) is 36.9 Å². The monoisotopic (exact) mass is 289 g/mol. The predicted octanol–water partition coefficient (Wildman–Crippen LogP) is 4.55. The Morgan fingerprint density at radius 2 is 1.88 bits per heavy atom. The first kappa shape index (κ1) is 12.2. The van der Waals surface area contributed by atoms with Crippen molar-refractivity contribution in [2.45, 2.75) is 13.8 Å². The summed E-state index contributed by atoms with van der Waals surface area (Å²) >= 11 is 3.56. The van der Waals surface area contributed by atoms with Crippen molar-refractivity contribution in [3.63, 3.8) is 0 Å². The zero-order valence-electron chi connectivity index (χ0n) is 10.2. The smallest absolute Gasteiger partial charge is 0.0514 e. The number of allylic oxidation sites excluding steroid dienone is 3. The molecule has 0 radical (unpaired) electrons. The van der Waals surface area contributed by atoms with E-state index in [2.05, 4.69) is 71.6 Å². The number of benzene rings is 1. The quantitative estimate of drug-likeness (QED) is 0.772. The number of hydrogen-bond acceptors (Lipinski definition) is 1. The van der Waals surface area contributed by atoms with E-state index in [9.17, 15) is 0 Å². The van der Waals surface area contributed by atoms with Crippen LogP contribution < -0.4 is 0 Å². The van der Waals surface area contributed by atoms with Gasteiger partial charge in [-0.3, -0.25) is 0 Å². The fraction of sp³-hybridized carbons (Fsp3) is 0.200. The van der Waals surface area contributed by atoms with Crippen molar-refractivity contribution in [2.75, 3.05) is 6.54 Å². The Morgan fingerprint density at radius 1 is 1.24 bits per heavy atom. The van der Waals surface area contributed by atoms with Crippen LogP contribution in [0, 0.1) is 0 Å². The zero-order valence-corrected chi connectivity index (χ0v) is 11.8. The van der Waals surface area contributed by atoms with Crippen LogP contribution in [0.2, 0.25) is 0 Å². The first-order valence-electron chi connectivity index (χ1n) is 5.75. The number of likely N-dealkylation sites (N-methyl/N-ethyl adjacent to an activating group) is 1. The minimum atomic E-state index is 0.920. The number of halogens is 1. The van der Waals surface area contributed by atoms with Gasteiger partial charge in [-0.2, -0.15) is 0 Å². The molecule has 0 saturated carbocycles. The van der Waals surface area contributed by atoms with E-state index in [0.29, 0.717) is 0 Å². The van der Waals surface area contributed by atoms with Gasteiger partial charge in [0, 0.05) is 16.7 Å². The lowest BCUT2D eigenvalue weighted by molar-refractivity contribution is 0.525. The molecule has 1 aromatic carbocycles. The predicted molar refractivity (Wildman–Crippen MR) is 77.6 cm³/mol. The summed E-state index contributed by atoms with van der Waals surface area (Å²) in [6, 6.07) is 10.5. The zero-order chi connectivity index (χ0) is 12.4. The highest BCUT2D eigenvalue weighted by Crippen LogP contribution is 2.36. The Morgan fingerprint density at radius 3 is 2.47 bits per heavy atom. The molecule has 0 N–H and O–H groups in total. The Kier molecular flexibility index (Phi) is 3.53. The molecule has 0 aliphatic carbocycles. The van der Waals surface area contributed by atoms with Gasteiger partial charge in [-0.15, -0.1) is 0 Å². The molecule has 1 aliphatic heterocycles. The molecule has 2 heteroatoms. The average molecular weight is 290 g/mol. The maximum Gasteiger partial charge on any atom is 0.0514 e. The molecule has 1 heterocycles. The Hall–Kier alpha value is -1.28. The average Bonchev–Trinajstić information content (AvgIpc) is 2.34. The van der Waals surface area contributed by atoms with Crippen LogP contribution in [0.4, 0.5) is 0 Å². The molecule has 0 fully saturated rings. The second-order valence-electron chi connectivity index (χ2n) is 4.08. The van der Waals surface area contributed by atoms with E-state index in [4.69, 9.17) is 0 Å². The second-order valence-corrected chi connectivity index (χ2v) is 4.94. The van der Waals surface area contributed by atoms with Crippen LogP contribution in [0.5, 0.6) is 0 Å². The van der Waals surface area contributed by atoms with Crippen LogP contribution in [-0.4, -0.2) is 11.4 Å². The minimum Gasteiger partial charge on any atom is -0.341 e. The third-order valence-corrected chi connectivity index (χ3v) is 3.64. The lowest BCUT2D eigenvalue weighted by Crippen LogP contribution is -2.24. The molecule has 17 heavy (non-hydrogen) atoms. The van der Waals surface area contributed by atoms with Gasteiger partial charge >= 0.3 is 0 Å². The number of hydrogen-bond donors (Lipinski definition) is 0. The first-order valence-corrected chi connectivity index (χ1v) is 6.54. The topological polar surface area (TPSA) is 3.24 Å². The summed E-state index contributed by atoms with van der Waals surface area (Å²) in [5, 5.41) is 0. The third kappa shape index (κ3) is 2.22. The molecule has 2 rings (SSSR count). The third-order valence-electron chi connectivity index (χ3n) is 2.95. The summed E-state index contributed by atoms with van der Waals surface area (Å²) in [5.74, 6) is 0. The SMILES string of the molecule is C=C1C(Br)=CC(C)=C(c2ccccc2)N1CC. The van der Waals surface area contributed by atoms with Crippen LogP contribution in [0.25, 0.3) is 5.70 Å². The van der Waals surface area contributed by atoms with Gasteiger partial charge < -0.3 is 4.90 Å². The van der Waals surface area contributed by atoms with Gasteiger partial charge in [0.05, 0.1) is 5.70 Å². The van der Waals surface area contributed by atoms with Crippen molar-refractivity contribution in [3.05, 3.63) is 64.3 Å². The Bertz CT molecular complexity index is 497. The molecule has 88 valence electrons. The van der Waals surface area contributed by atoms with Crippen LogP contribution in [-0.2, 0) is 0 Å². The van der Waals surface area contributed by atoms with E-state index in [1.807, 2.05) is 6.07 Å². The van der Waals surface area contributed by atoms with Crippen molar-refractivity contribution in [2.24, 2.45) is 0 Å². The molecular weight excluding hydrogens is 274 g/mol. The molecule has 0 saturated heterocycles. The van der Waals surface area contributed by atoms with Gasteiger partial charge in [0.15, 0.2) is 0 Å². The van der Waals surface area contributed by atoms with E-state index in [1.165, 1.54) is 16.8 Å². The summed E-state index contributed by atoms with van der Waals surface area (Å²) in [5.41, 5.74) is 4.78. The lowest BCUT2D eigenvalue weighted by Gasteiger charge is -2.32. The standard InChI is InChI=1S/C15H16BrN/c1-4-17-12(3)14(16)10-11(2)15(17)13-8-6-5-7-9-13/h5-10H,3-4H2,1-2H3. The van der Waals surface area contributed by atoms with Crippen LogP contribution >= 0.6 is 15.9 Å². The molecule has 0 amide bonds. The molecule has 0 unspecified atom stereocenters. The Labute approximate surface area is 111 Å². The molecule has 0 bridgehead atoms. The van der Waals surface area contributed by atoms with Crippen molar-refractivity contribution >= 4 is 21.6 Å². The Balaban J connectivity index is 2.56. The molecule has 1 nitrogen and oxygen atoms in total. The molecule has 1 aliphatic rings. The summed E-state index contributed by atoms with van der Waals surface area (Å²) in [7, 11) is 0. The second kappa shape index (κ2) is 4.92. The normalized spacial score (nSPS) is 16.3. The fourth-order valence-corrected chi connectivity index (χ4v) is 2.70. The van der Waals surface area contributed by atoms with Crippen LogP contribution in [0.1, 0.15) is 19.4 Å². The maximum atomic E-state index is 4.13. The summed E-state index contributed by atoms with van der Waals surface area (Å²) in [6.07, 6.45) is 2.14.